The molecule has 1 aliphatic carbocycles. The Morgan fingerprint density at radius 3 is 2.55 bits per heavy atom. The maximum absolute atomic E-state index is 12.3. The number of pyridine rings is 1. The average molecular weight is 408 g/mol. The molecule has 0 radical (unpaired) electrons. The van der Waals surface area contributed by atoms with Gasteiger partial charge in [-0.25, -0.2) is 0 Å². The summed E-state index contributed by atoms with van der Waals surface area (Å²) in [6.07, 6.45) is 3.49. The second-order valence-electron chi connectivity index (χ2n) is 6.98. The summed E-state index contributed by atoms with van der Waals surface area (Å²) in [5.41, 5.74) is 0.974. The van der Waals surface area contributed by atoms with Crippen LogP contribution in [0.15, 0.2) is 24.5 Å². The van der Waals surface area contributed by atoms with Crippen molar-refractivity contribution in [1.82, 2.24) is 20.5 Å². The molecule has 2 fully saturated rings. The number of morpholine rings is 1. The van der Waals surface area contributed by atoms with Crippen LogP contribution in [0, 0.1) is 5.92 Å². The highest BCUT2D eigenvalue weighted by Crippen LogP contribution is 2.26. The first-order valence-electron chi connectivity index (χ1n) is 9.55. The van der Waals surface area contributed by atoms with E-state index in [-0.39, 0.29) is 30.2 Å². The second-order valence-corrected chi connectivity index (χ2v) is 6.98. The van der Waals surface area contributed by atoms with Crippen LogP contribution >= 0.6 is 0 Å². The summed E-state index contributed by atoms with van der Waals surface area (Å²) < 4.78 is 5.27. The number of aliphatic hydroxyl groups is 1. The third-order valence-electron chi connectivity index (χ3n) is 4.93. The largest absolute Gasteiger partial charge is 0.483 e. The number of aliphatic hydroxyl groups excluding tert-OH is 1. The van der Waals surface area contributed by atoms with E-state index in [1.807, 2.05) is 17.0 Å². The summed E-state index contributed by atoms with van der Waals surface area (Å²) in [6, 6.07) is 3.32. The predicted molar refractivity (Wildman–Crippen MR) is 103 cm³/mol. The van der Waals surface area contributed by atoms with E-state index < -0.39 is 6.10 Å². The Kier molecular flexibility index (Phi) is 9.48. The molecule has 0 bridgehead atoms. The number of ether oxygens (including phenoxy) is 1. The van der Waals surface area contributed by atoms with E-state index >= 15 is 0 Å². The van der Waals surface area contributed by atoms with Crippen molar-refractivity contribution in [2.45, 2.75) is 31.5 Å². The topological polar surface area (TPSA) is 141 Å². The Labute approximate surface area is 169 Å². The molecule has 1 saturated carbocycles. The van der Waals surface area contributed by atoms with E-state index in [1.54, 1.807) is 12.4 Å². The van der Waals surface area contributed by atoms with Gasteiger partial charge in [-0.15, -0.1) is 0 Å². The Morgan fingerprint density at radius 2 is 1.90 bits per heavy atom. The highest BCUT2D eigenvalue weighted by molar-refractivity contribution is 5.80. The normalized spacial score (nSPS) is 24.1. The first kappa shape index (κ1) is 22.7. The molecule has 0 aromatic carbocycles. The van der Waals surface area contributed by atoms with Crippen molar-refractivity contribution in [2.24, 2.45) is 5.92 Å². The van der Waals surface area contributed by atoms with Gasteiger partial charge >= 0.3 is 0 Å². The highest BCUT2D eigenvalue weighted by atomic mass is 16.5. The number of rotatable bonds is 6. The molecule has 2 heterocycles. The van der Waals surface area contributed by atoms with Crippen LogP contribution in [0.3, 0.4) is 0 Å². The fourth-order valence-electron chi connectivity index (χ4n) is 3.43. The van der Waals surface area contributed by atoms with Gasteiger partial charge in [0.05, 0.1) is 31.9 Å². The van der Waals surface area contributed by atoms with E-state index in [1.165, 1.54) is 0 Å². The van der Waals surface area contributed by atoms with Gasteiger partial charge in [0.25, 0.3) is 6.47 Å². The SMILES string of the molecule is O=C(CN1CCOCC1)N[C@@H]1C[C@H](C(=O)NCc2ccncc2)C[C@H]1O.O=CO. The number of hydrogen-bond donors (Lipinski definition) is 4. The van der Waals surface area contributed by atoms with Gasteiger partial charge in [-0.2, -0.15) is 0 Å². The Bertz CT molecular complexity index is 653. The summed E-state index contributed by atoms with van der Waals surface area (Å²) in [6.45, 7) is 3.23. The molecule has 4 N–H and O–H groups in total. The van der Waals surface area contributed by atoms with Gasteiger partial charge in [-0.1, -0.05) is 0 Å². The lowest BCUT2D eigenvalue weighted by molar-refractivity contribution is -0.126. The van der Waals surface area contributed by atoms with Crippen molar-refractivity contribution in [3.8, 4) is 0 Å². The summed E-state index contributed by atoms with van der Waals surface area (Å²) in [7, 11) is 0. The number of nitrogens with zero attached hydrogens (tertiary/aromatic N) is 2. The third kappa shape index (κ3) is 7.76. The van der Waals surface area contributed by atoms with Gasteiger partial charge in [-0.3, -0.25) is 24.3 Å². The molecule has 3 atom stereocenters. The van der Waals surface area contributed by atoms with Crippen LogP contribution < -0.4 is 10.6 Å². The van der Waals surface area contributed by atoms with Crippen LogP contribution in [-0.2, 0) is 25.7 Å². The zero-order valence-corrected chi connectivity index (χ0v) is 16.2. The van der Waals surface area contributed by atoms with E-state index in [0.717, 1.165) is 18.7 Å². The van der Waals surface area contributed by atoms with Gasteiger partial charge in [0, 0.05) is 37.9 Å². The molecule has 1 aromatic rings. The molecular weight excluding hydrogens is 380 g/mol. The minimum Gasteiger partial charge on any atom is -0.483 e. The molecule has 1 aromatic heterocycles. The first-order valence-corrected chi connectivity index (χ1v) is 9.55. The first-order chi connectivity index (χ1) is 14.0. The van der Waals surface area contributed by atoms with Gasteiger partial charge in [0.2, 0.25) is 11.8 Å². The lowest BCUT2D eigenvalue weighted by Crippen LogP contribution is -2.47. The van der Waals surface area contributed by atoms with E-state index in [9.17, 15) is 14.7 Å². The molecule has 2 amide bonds. The Morgan fingerprint density at radius 1 is 1.24 bits per heavy atom. The summed E-state index contributed by atoms with van der Waals surface area (Å²) in [4.78, 5) is 38.9. The Balaban J connectivity index is 0.000000941. The molecule has 0 spiro atoms. The molecule has 160 valence electrons. The van der Waals surface area contributed by atoms with Crippen LogP contribution in [0.4, 0.5) is 0 Å². The van der Waals surface area contributed by atoms with Gasteiger partial charge in [0.15, 0.2) is 0 Å². The molecule has 2 aliphatic rings. The van der Waals surface area contributed by atoms with Crippen molar-refractivity contribution < 1.29 is 29.3 Å². The lowest BCUT2D eigenvalue weighted by atomic mass is 10.1. The quantitative estimate of drug-likeness (QED) is 0.439. The Hall–Kier alpha value is -2.56. The standard InChI is InChI=1S/C18H26N4O4.CH2O2/c23-16-10-14(18(25)20-11-13-1-3-19-4-2-13)9-15(16)21-17(24)12-22-5-7-26-8-6-22;2-1-3/h1-4,14-16,23H,5-12H2,(H,20,25)(H,21,24);1H,(H,2,3)/t14-,15+,16+;/m0./s1. The van der Waals surface area contributed by atoms with Crippen molar-refractivity contribution in [1.29, 1.82) is 0 Å². The fourth-order valence-corrected chi connectivity index (χ4v) is 3.43. The summed E-state index contributed by atoms with van der Waals surface area (Å²) in [5, 5.41) is 22.9. The zero-order chi connectivity index (χ0) is 21.1. The number of carbonyl (C=O) groups is 3. The second kappa shape index (κ2) is 12.1. The zero-order valence-electron chi connectivity index (χ0n) is 16.2. The number of nitrogens with one attached hydrogen (secondary N) is 2. The minimum atomic E-state index is -0.694. The molecule has 29 heavy (non-hydrogen) atoms. The number of aromatic nitrogens is 1. The predicted octanol–water partition coefficient (Wildman–Crippen LogP) is -1.01. The smallest absolute Gasteiger partial charge is 0.290 e. The molecule has 10 heteroatoms. The molecule has 1 aliphatic heterocycles. The maximum Gasteiger partial charge on any atom is 0.290 e. The number of carbonyl (C=O) groups excluding carboxylic acids is 2. The molecule has 3 rings (SSSR count). The van der Waals surface area contributed by atoms with Crippen molar-refractivity contribution in [2.75, 3.05) is 32.8 Å². The van der Waals surface area contributed by atoms with E-state index in [0.29, 0.717) is 39.1 Å². The van der Waals surface area contributed by atoms with Gasteiger partial charge < -0.3 is 25.6 Å². The van der Waals surface area contributed by atoms with Gasteiger partial charge in [0.1, 0.15) is 0 Å². The van der Waals surface area contributed by atoms with Crippen LogP contribution in [0.2, 0.25) is 0 Å². The van der Waals surface area contributed by atoms with Crippen LogP contribution in [0.25, 0.3) is 0 Å². The number of amides is 2. The molecular formula is C19H28N4O6. The molecule has 0 unspecified atom stereocenters. The van der Waals surface area contributed by atoms with Gasteiger partial charge in [-0.05, 0) is 30.5 Å². The number of hydrogen-bond acceptors (Lipinski definition) is 7. The van der Waals surface area contributed by atoms with Crippen molar-refractivity contribution in [3.63, 3.8) is 0 Å². The lowest BCUT2D eigenvalue weighted by Gasteiger charge is -2.26. The maximum atomic E-state index is 12.3. The number of carboxylic acid groups (broad SMARTS) is 1. The summed E-state index contributed by atoms with van der Waals surface area (Å²) >= 11 is 0. The van der Waals surface area contributed by atoms with E-state index in [4.69, 9.17) is 14.6 Å². The molecule has 1 saturated heterocycles. The van der Waals surface area contributed by atoms with Crippen LogP contribution in [0.5, 0.6) is 0 Å². The average Bonchev–Trinajstić information content (AvgIpc) is 3.08. The van der Waals surface area contributed by atoms with Crippen molar-refractivity contribution in [3.05, 3.63) is 30.1 Å². The fraction of sp³-hybridized carbons (Fsp3) is 0.579. The van der Waals surface area contributed by atoms with Crippen LogP contribution in [0.1, 0.15) is 18.4 Å². The monoisotopic (exact) mass is 408 g/mol. The molecule has 10 nitrogen and oxygen atoms in total. The highest BCUT2D eigenvalue weighted by Gasteiger charge is 2.37. The summed E-state index contributed by atoms with van der Waals surface area (Å²) in [5.74, 6) is -0.500. The van der Waals surface area contributed by atoms with E-state index in [2.05, 4.69) is 15.6 Å². The third-order valence-corrected chi connectivity index (χ3v) is 4.93. The minimum absolute atomic E-state index is 0.0919. The van der Waals surface area contributed by atoms with Crippen LogP contribution in [-0.4, -0.2) is 83.4 Å². The van der Waals surface area contributed by atoms with Crippen molar-refractivity contribution >= 4 is 18.3 Å².